The minimum absolute atomic E-state index is 0. The van der Waals surface area contributed by atoms with Crippen molar-refractivity contribution in [2.24, 2.45) is 5.92 Å². The summed E-state index contributed by atoms with van der Waals surface area (Å²) < 4.78 is 36.6. The lowest BCUT2D eigenvalue weighted by Gasteiger charge is -2.06. The molecule has 0 spiro atoms. The van der Waals surface area contributed by atoms with Crippen molar-refractivity contribution in [2.75, 3.05) is 0 Å². The van der Waals surface area contributed by atoms with Crippen LogP contribution in [0.4, 0.5) is 13.2 Å². The first-order valence-electron chi connectivity index (χ1n) is 4.65. The molecule has 84 valence electrons. The summed E-state index contributed by atoms with van der Waals surface area (Å²) in [4.78, 5) is 0. The maximum Gasteiger partial charge on any atom is 0.416 e. The highest BCUT2D eigenvalue weighted by molar-refractivity contribution is 5.30. The molecule has 1 aromatic carbocycles. The van der Waals surface area contributed by atoms with Gasteiger partial charge in [-0.2, -0.15) is 13.2 Å². The van der Waals surface area contributed by atoms with E-state index in [1.165, 1.54) is 12.1 Å². The number of hydrogen-bond donors (Lipinski definition) is 1. The molecule has 1 fully saturated rings. The lowest BCUT2D eigenvalue weighted by molar-refractivity contribution is -0.137. The zero-order valence-electron chi connectivity index (χ0n) is 8.51. The first-order chi connectivity index (χ1) is 6.48. The van der Waals surface area contributed by atoms with Gasteiger partial charge in [0.2, 0.25) is 0 Å². The predicted molar refractivity (Wildman–Crippen MR) is 53.0 cm³/mol. The largest absolute Gasteiger partial charge is 0.416 e. The average molecular weight is 217 g/mol. The normalized spacial score (nSPS) is 24.5. The molecule has 1 nitrogen and oxygen atoms in total. The molecule has 0 aliphatic heterocycles. The van der Waals surface area contributed by atoms with Crippen LogP contribution in [-0.2, 0) is 6.18 Å². The second-order valence-electron chi connectivity index (χ2n) is 3.94. The zero-order chi connectivity index (χ0) is 10.3. The van der Waals surface area contributed by atoms with E-state index in [1.807, 2.05) is 0 Å². The van der Waals surface area contributed by atoms with Crippen molar-refractivity contribution in [3.8, 4) is 0 Å². The average Bonchev–Trinajstić information content (AvgIpc) is 2.81. The fourth-order valence-corrected chi connectivity index (χ4v) is 1.71. The molecule has 2 rings (SSSR count). The Balaban J connectivity index is 0.00000112. The summed E-state index contributed by atoms with van der Waals surface area (Å²) in [6, 6.07) is 5.52. The molecule has 0 heterocycles. The second-order valence-corrected chi connectivity index (χ2v) is 3.94. The van der Waals surface area contributed by atoms with Crippen LogP contribution in [0.1, 0.15) is 30.4 Å². The third-order valence-electron chi connectivity index (χ3n) is 2.78. The van der Waals surface area contributed by atoms with E-state index in [9.17, 15) is 13.2 Å². The highest BCUT2D eigenvalue weighted by Gasteiger charge is 2.35. The zero-order valence-corrected chi connectivity index (χ0v) is 8.51. The Morgan fingerprint density at radius 3 is 1.93 bits per heavy atom. The maximum absolute atomic E-state index is 12.2. The third-order valence-corrected chi connectivity index (χ3v) is 2.78. The molecule has 3 N–H and O–H groups in total. The van der Waals surface area contributed by atoms with Gasteiger partial charge in [-0.3, -0.25) is 0 Å². The van der Waals surface area contributed by atoms with Crippen LogP contribution < -0.4 is 6.15 Å². The van der Waals surface area contributed by atoms with Crippen LogP contribution >= 0.6 is 0 Å². The lowest BCUT2D eigenvalue weighted by atomic mass is 10.1. The Kier molecular flexibility index (Phi) is 3.09. The Morgan fingerprint density at radius 2 is 1.60 bits per heavy atom. The molecule has 0 aromatic heterocycles. The fraction of sp³-hybridized carbons (Fsp3) is 0.455. The minimum Gasteiger partial charge on any atom is -0.344 e. The molecule has 4 heteroatoms. The molecule has 1 aliphatic rings. The van der Waals surface area contributed by atoms with Crippen molar-refractivity contribution in [1.82, 2.24) is 6.15 Å². The highest BCUT2D eigenvalue weighted by atomic mass is 19.4. The molecule has 2 atom stereocenters. The highest BCUT2D eigenvalue weighted by Crippen LogP contribution is 2.47. The smallest absolute Gasteiger partial charge is 0.344 e. The van der Waals surface area contributed by atoms with Gasteiger partial charge in [-0.25, -0.2) is 0 Å². The van der Waals surface area contributed by atoms with E-state index < -0.39 is 11.7 Å². The van der Waals surface area contributed by atoms with Gasteiger partial charge in [-0.15, -0.1) is 0 Å². The molecule has 2 unspecified atom stereocenters. The summed E-state index contributed by atoms with van der Waals surface area (Å²) in [5.41, 5.74) is 0.472. The molecule has 0 bridgehead atoms. The SMILES string of the molecule is CC1CC1c1ccc(C(F)(F)F)cc1.N. The summed E-state index contributed by atoms with van der Waals surface area (Å²) >= 11 is 0. The van der Waals surface area contributed by atoms with E-state index in [4.69, 9.17) is 0 Å². The van der Waals surface area contributed by atoms with Crippen molar-refractivity contribution < 1.29 is 13.2 Å². The van der Waals surface area contributed by atoms with Crippen molar-refractivity contribution in [1.29, 1.82) is 0 Å². The Morgan fingerprint density at radius 1 is 1.13 bits per heavy atom. The Labute approximate surface area is 86.9 Å². The molecule has 0 amide bonds. The van der Waals surface area contributed by atoms with E-state index >= 15 is 0 Å². The molecule has 0 saturated heterocycles. The first-order valence-corrected chi connectivity index (χ1v) is 4.65. The summed E-state index contributed by atoms with van der Waals surface area (Å²) in [7, 11) is 0. The van der Waals surface area contributed by atoms with Crippen molar-refractivity contribution in [3.05, 3.63) is 35.4 Å². The van der Waals surface area contributed by atoms with Gasteiger partial charge in [0.1, 0.15) is 0 Å². The van der Waals surface area contributed by atoms with Gasteiger partial charge < -0.3 is 6.15 Å². The van der Waals surface area contributed by atoms with E-state index in [0.717, 1.165) is 12.0 Å². The number of hydrogen-bond acceptors (Lipinski definition) is 1. The first kappa shape index (κ1) is 12.0. The number of alkyl halides is 3. The van der Waals surface area contributed by atoms with E-state index in [1.54, 1.807) is 12.1 Å². The summed E-state index contributed by atoms with van der Waals surface area (Å²) in [6.07, 6.45) is -3.11. The van der Waals surface area contributed by atoms with Gasteiger partial charge in [0, 0.05) is 0 Å². The van der Waals surface area contributed by atoms with Crippen LogP contribution in [0.2, 0.25) is 0 Å². The summed E-state index contributed by atoms with van der Waals surface area (Å²) in [5.74, 6) is 1.11. The van der Waals surface area contributed by atoms with Crippen molar-refractivity contribution in [3.63, 3.8) is 0 Å². The molecular weight excluding hydrogens is 203 g/mol. The second kappa shape index (κ2) is 3.85. The quantitative estimate of drug-likeness (QED) is 0.758. The molecule has 0 radical (unpaired) electrons. The lowest BCUT2D eigenvalue weighted by Crippen LogP contribution is -2.04. The van der Waals surface area contributed by atoms with Crippen LogP contribution in [-0.4, -0.2) is 0 Å². The number of rotatable bonds is 1. The molecule has 15 heavy (non-hydrogen) atoms. The molecule has 1 aromatic rings. The topological polar surface area (TPSA) is 35.0 Å². The fourth-order valence-electron chi connectivity index (χ4n) is 1.71. The standard InChI is InChI=1S/C11H11F3.H3N/c1-7-6-10(7)8-2-4-9(5-3-8)11(12,13)14;/h2-5,7,10H,6H2,1H3;1H3. The summed E-state index contributed by atoms with van der Waals surface area (Å²) in [5, 5.41) is 0. The van der Waals surface area contributed by atoms with Crippen LogP contribution in [0.15, 0.2) is 24.3 Å². The number of benzene rings is 1. The maximum atomic E-state index is 12.2. The van der Waals surface area contributed by atoms with E-state index in [0.29, 0.717) is 11.8 Å². The van der Waals surface area contributed by atoms with E-state index in [-0.39, 0.29) is 6.15 Å². The number of halogens is 3. The van der Waals surface area contributed by atoms with Gasteiger partial charge >= 0.3 is 6.18 Å². The minimum atomic E-state index is -4.21. The van der Waals surface area contributed by atoms with Crippen LogP contribution in [0, 0.1) is 5.92 Å². The van der Waals surface area contributed by atoms with Crippen LogP contribution in [0.3, 0.4) is 0 Å². The van der Waals surface area contributed by atoms with Gasteiger partial charge in [0.05, 0.1) is 5.56 Å². The molecule has 1 saturated carbocycles. The monoisotopic (exact) mass is 217 g/mol. The van der Waals surface area contributed by atoms with Crippen molar-refractivity contribution >= 4 is 0 Å². The Hall–Kier alpha value is -1.03. The summed E-state index contributed by atoms with van der Waals surface area (Å²) in [6.45, 7) is 2.11. The molecular formula is C11H14F3N. The van der Waals surface area contributed by atoms with Gasteiger partial charge in [0.25, 0.3) is 0 Å². The molecule has 1 aliphatic carbocycles. The van der Waals surface area contributed by atoms with Gasteiger partial charge in [0.15, 0.2) is 0 Å². The van der Waals surface area contributed by atoms with Crippen LogP contribution in [0.5, 0.6) is 0 Å². The predicted octanol–water partition coefficient (Wildman–Crippen LogP) is 3.99. The Bertz CT molecular complexity index is 329. The third kappa shape index (κ3) is 2.50. The van der Waals surface area contributed by atoms with Gasteiger partial charge in [-0.1, -0.05) is 19.1 Å². The van der Waals surface area contributed by atoms with E-state index in [2.05, 4.69) is 6.92 Å². The van der Waals surface area contributed by atoms with Crippen molar-refractivity contribution in [2.45, 2.75) is 25.4 Å². The van der Waals surface area contributed by atoms with Crippen LogP contribution in [0.25, 0.3) is 0 Å². The van der Waals surface area contributed by atoms with Gasteiger partial charge in [-0.05, 0) is 36.0 Å².